The van der Waals surface area contributed by atoms with Crippen LogP contribution in [0.1, 0.15) is 54.2 Å². The molecule has 0 saturated heterocycles. The number of fused-ring (bicyclic) bond motifs is 3. The summed E-state index contributed by atoms with van der Waals surface area (Å²) in [5.41, 5.74) is 4.69. The van der Waals surface area contributed by atoms with Crippen molar-refractivity contribution in [2.24, 2.45) is 0 Å². The molecule has 112 valence electrons. The molecule has 1 aliphatic carbocycles. The number of ether oxygens (including phenoxy) is 1. The van der Waals surface area contributed by atoms with Crippen LogP contribution in [0.5, 0.6) is 0 Å². The van der Waals surface area contributed by atoms with Crippen LogP contribution in [0.25, 0.3) is 10.9 Å². The van der Waals surface area contributed by atoms with E-state index in [2.05, 4.69) is 17.6 Å². The Morgan fingerprint density at radius 2 is 2.05 bits per heavy atom. The first-order chi connectivity index (χ1) is 10.3. The summed E-state index contributed by atoms with van der Waals surface area (Å²) in [6.07, 6.45) is 7.14. The zero-order valence-electron chi connectivity index (χ0n) is 12.9. The number of aryl methyl sites for hydroxylation is 2. The topological polar surface area (TPSA) is 31.2 Å². The van der Waals surface area contributed by atoms with Crippen LogP contribution in [-0.2, 0) is 24.1 Å². The largest absolute Gasteiger partial charge is 0.465 e. The Morgan fingerprint density at radius 3 is 2.81 bits per heavy atom. The molecule has 0 bridgehead atoms. The first-order valence-electron chi connectivity index (χ1n) is 7.99. The van der Waals surface area contributed by atoms with E-state index in [1.54, 1.807) is 0 Å². The van der Waals surface area contributed by atoms with E-state index in [1.807, 2.05) is 12.1 Å². The summed E-state index contributed by atoms with van der Waals surface area (Å²) in [5.74, 6) is -0.231. The van der Waals surface area contributed by atoms with Gasteiger partial charge >= 0.3 is 5.97 Å². The Hall–Kier alpha value is -1.77. The number of hydrogen-bond acceptors (Lipinski definition) is 2. The van der Waals surface area contributed by atoms with Gasteiger partial charge in [-0.15, -0.1) is 0 Å². The van der Waals surface area contributed by atoms with Crippen molar-refractivity contribution in [1.82, 2.24) is 4.57 Å². The SMILES string of the molecule is CCCn1c2c(c3cccc(C(=O)OC)c31)CCCCC2. The van der Waals surface area contributed by atoms with Gasteiger partial charge in [0.15, 0.2) is 0 Å². The normalized spacial score (nSPS) is 14.8. The summed E-state index contributed by atoms with van der Waals surface area (Å²) in [7, 11) is 1.46. The Labute approximate surface area is 125 Å². The van der Waals surface area contributed by atoms with Gasteiger partial charge in [-0.3, -0.25) is 0 Å². The van der Waals surface area contributed by atoms with Crippen LogP contribution in [0.3, 0.4) is 0 Å². The number of carbonyl (C=O) groups is 1. The average molecular weight is 285 g/mol. The lowest BCUT2D eigenvalue weighted by Crippen LogP contribution is -2.08. The van der Waals surface area contributed by atoms with E-state index >= 15 is 0 Å². The lowest BCUT2D eigenvalue weighted by atomic mass is 10.0. The van der Waals surface area contributed by atoms with Crippen LogP contribution in [-0.4, -0.2) is 17.6 Å². The fourth-order valence-electron chi connectivity index (χ4n) is 3.61. The van der Waals surface area contributed by atoms with Crippen molar-refractivity contribution >= 4 is 16.9 Å². The lowest BCUT2D eigenvalue weighted by Gasteiger charge is -2.11. The first-order valence-corrected chi connectivity index (χ1v) is 7.99. The molecule has 21 heavy (non-hydrogen) atoms. The minimum absolute atomic E-state index is 0.231. The molecule has 0 amide bonds. The summed E-state index contributed by atoms with van der Waals surface area (Å²) in [6, 6.07) is 6.04. The van der Waals surface area contributed by atoms with Crippen LogP contribution < -0.4 is 0 Å². The number of nitrogens with zero attached hydrogens (tertiary/aromatic N) is 1. The van der Waals surface area contributed by atoms with Crippen molar-refractivity contribution in [3.8, 4) is 0 Å². The van der Waals surface area contributed by atoms with Gasteiger partial charge in [-0.05, 0) is 43.7 Å². The molecule has 0 radical (unpaired) electrons. The highest BCUT2D eigenvalue weighted by molar-refractivity contribution is 6.04. The maximum Gasteiger partial charge on any atom is 0.340 e. The molecule has 0 aliphatic heterocycles. The Morgan fingerprint density at radius 1 is 1.24 bits per heavy atom. The molecule has 1 aromatic heterocycles. The molecule has 3 heteroatoms. The van der Waals surface area contributed by atoms with E-state index in [0.29, 0.717) is 5.56 Å². The zero-order valence-corrected chi connectivity index (χ0v) is 12.9. The van der Waals surface area contributed by atoms with Crippen molar-refractivity contribution < 1.29 is 9.53 Å². The minimum Gasteiger partial charge on any atom is -0.465 e. The second kappa shape index (κ2) is 5.92. The highest BCUT2D eigenvalue weighted by Crippen LogP contribution is 2.33. The Kier molecular flexibility index (Phi) is 4.00. The molecule has 0 unspecified atom stereocenters. The first kappa shape index (κ1) is 14.2. The zero-order chi connectivity index (χ0) is 14.8. The smallest absolute Gasteiger partial charge is 0.340 e. The van der Waals surface area contributed by atoms with Gasteiger partial charge in [0.05, 0.1) is 18.2 Å². The van der Waals surface area contributed by atoms with Gasteiger partial charge < -0.3 is 9.30 Å². The van der Waals surface area contributed by atoms with E-state index in [-0.39, 0.29) is 5.97 Å². The quantitative estimate of drug-likeness (QED) is 0.628. The number of carbonyl (C=O) groups excluding carboxylic acids is 1. The standard InChI is InChI=1S/C18H23NO2/c1-3-12-19-16-11-6-4-5-8-13(16)14-9-7-10-15(17(14)19)18(20)21-2/h7,9-10H,3-6,8,11-12H2,1-2H3. The number of esters is 1. The molecular formula is C18H23NO2. The summed E-state index contributed by atoms with van der Waals surface area (Å²) in [6.45, 7) is 3.16. The van der Waals surface area contributed by atoms with Gasteiger partial charge in [-0.25, -0.2) is 4.79 Å². The van der Waals surface area contributed by atoms with Crippen molar-refractivity contribution in [1.29, 1.82) is 0 Å². The van der Waals surface area contributed by atoms with E-state index in [1.165, 1.54) is 43.0 Å². The third kappa shape index (κ3) is 2.35. The van der Waals surface area contributed by atoms with Gasteiger partial charge in [0.25, 0.3) is 0 Å². The molecule has 1 heterocycles. The average Bonchev–Trinajstić information content (AvgIpc) is 2.68. The lowest BCUT2D eigenvalue weighted by molar-refractivity contribution is 0.0602. The highest BCUT2D eigenvalue weighted by Gasteiger charge is 2.22. The molecule has 0 saturated carbocycles. The second-order valence-electron chi connectivity index (χ2n) is 5.83. The van der Waals surface area contributed by atoms with Crippen LogP contribution in [0.4, 0.5) is 0 Å². The fourth-order valence-corrected chi connectivity index (χ4v) is 3.61. The van der Waals surface area contributed by atoms with Crippen LogP contribution >= 0.6 is 0 Å². The van der Waals surface area contributed by atoms with Gasteiger partial charge in [0.1, 0.15) is 0 Å². The van der Waals surface area contributed by atoms with Crippen molar-refractivity contribution in [3.63, 3.8) is 0 Å². The molecule has 1 aromatic carbocycles. The molecule has 0 N–H and O–H groups in total. The van der Waals surface area contributed by atoms with Crippen molar-refractivity contribution in [3.05, 3.63) is 35.0 Å². The van der Waals surface area contributed by atoms with Crippen molar-refractivity contribution in [2.75, 3.05) is 7.11 Å². The number of para-hydroxylation sites is 1. The van der Waals surface area contributed by atoms with E-state index < -0.39 is 0 Å². The molecule has 0 fully saturated rings. The number of benzene rings is 1. The van der Waals surface area contributed by atoms with Gasteiger partial charge in [0.2, 0.25) is 0 Å². The second-order valence-corrected chi connectivity index (χ2v) is 5.83. The molecule has 3 nitrogen and oxygen atoms in total. The molecule has 2 aromatic rings. The Balaban J connectivity index is 2.30. The van der Waals surface area contributed by atoms with Gasteiger partial charge in [0, 0.05) is 17.6 Å². The third-order valence-corrected chi connectivity index (χ3v) is 4.50. The summed E-state index contributed by atoms with van der Waals surface area (Å²) >= 11 is 0. The molecule has 3 rings (SSSR count). The summed E-state index contributed by atoms with van der Waals surface area (Å²) in [5, 5.41) is 1.25. The van der Waals surface area contributed by atoms with Crippen LogP contribution in [0.15, 0.2) is 18.2 Å². The molecular weight excluding hydrogens is 262 g/mol. The van der Waals surface area contributed by atoms with Crippen LogP contribution in [0.2, 0.25) is 0 Å². The Bertz CT molecular complexity index is 669. The summed E-state index contributed by atoms with van der Waals surface area (Å²) < 4.78 is 7.36. The van der Waals surface area contributed by atoms with E-state index in [0.717, 1.165) is 31.3 Å². The number of methoxy groups -OCH3 is 1. The molecule has 0 atom stereocenters. The number of hydrogen-bond donors (Lipinski definition) is 0. The van der Waals surface area contributed by atoms with Gasteiger partial charge in [-0.2, -0.15) is 0 Å². The number of rotatable bonds is 3. The van der Waals surface area contributed by atoms with E-state index in [9.17, 15) is 4.79 Å². The highest BCUT2D eigenvalue weighted by atomic mass is 16.5. The molecule has 0 spiro atoms. The van der Waals surface area contributed by atoms with E-state index in [4.69, 9.17) is 4.74 Å². The monoisotopic (exact) mass is 285 g/mol. The summed E-state index contributed by atoms with van der Waals surface area (Å²) in [4.78, 5) is 12.1. The molecule has 1 aliphatic rings. The minimum atomic E-state index is -0.231. The predicted molar refractivity (Wildman–Crippen MR) is 84.8 cm³/mol. The van der Waals surface area contributed by atoms with Gasteiger partial charge in [-0.1, -0.05) is 25.5 Å². The third-order valence-electron chi connectivity index (χ3n) is 4.50. The van der Waals surface area contributed by atoms with Crippen LogP contribution in [0, 0.1) is 0 Å². The predicted octanol–water partition coefficient (Wildman–Crippen LogP) is 4.11. The maximum absolute atomic E-state index is 12.1. The maximum atomic E-state index is 12.1. The number of aromatic nitrogens is 1. The van der Waals surface area contributed by atoms with Crippen molar-refractivity contribution in [2.45, 2.75) is 52.0 Å². The fraction of sp³-hybridized carbons (Fsp3) is 0.500.